The number of nitrogens with one attached hydrogen (secondary N) is 1. The molecule has 1 saturated carbocycles. The minimum Gasteiger partial charge on any atom is -0.493 e. The quantitative estimate of drug-likeness (QED) is 0.539. The van der Waals surface area contributed by atoms with Crippen LogP contribution in [0.25, 0.3) is 0 Å². The van der Waals surface area contributed by atoms with Crippen LogP contribution in [0.5, 0.6) is 11.5 Å². The molecule has 0 bridgehead atoms. The first-order valence-corrected chi connectivity index (χ1v) is 11.9. The highest BCUT2D eigenvalue weighted by molar-refractivity contribution is 9.10. The van der Waals surface area contributed by atoms with Gasteiger partial charge in [0.25, 0.3) is 5.91 Å². The van der Waals surface area contributed by atoms with Crippen LogP contribution in [-0.2, 0) is 16.1 Å². The molecule has 2 amide bonds. The highest BCUT2D eigenvalue weighted by Crippen LogP contribution is 2.26. The number of amides is 2. The Bertz CT molecular complexity index is 914. The van der Waals surface area contributed by atoms with Gasteiger partial charge in [0.2, 0.25) is 5.91 Å². The van der Waals surface area contributed by atoms with Crippen LogP contribution in [0.4, 0.5) is 0 Å². The molecule has 1 fully saturated rings. The number of carbonyl (C=O) groups excluding carboxylic acids is 2. The van der Waals surface area contributed by atoms with Crippen LogP contribution in [0.1, 0.15) is 44.6 Å². The third kappa shape index (κ3) is 6.73. The van der Waals surface area contributed by atoms with Crippen LogP contribution in [0.15, 0.2) is 53.0 Å². The molecule has 1 N–H and O–H groups in total. The zero-order chi connectivity index (χ0) is 22.9. The monoisotopic (exact) mass is 502 g/mol. The molecule has 7 heteroatoms. The van der Waals surface area contributed by atoms with Crippen molar-refractivity contribution < 1.29 is 19.1 Å². The predicted octanol–water partition coefficient (Wildman–Crippen LogP) is 4.70. The van der Waals surface area contributed by atoms with Crippen molar-refractivity contribution in [2.24, 2.45) is 0 Å². The van der Waals surface area contributed by atoms with Gasteiger partial charge in [-0.1, -0.05) is 59.5 Å². The third-order valence-electron chi connectivity index (χ3n) is 5.78. The summed E-state index contributed by atoms with van der Waals surface area (Å²) >= 11 is 3.48. The van der Waals surface area contributed by atoms with Crippen LogP contribution in [0.3, 0.4) is 0 Å². The summed E-state index contributed by atoms with van der Waals surface area (Å²) in [7, 11) is 1.56. The number of hydrogen-bond donors (Lipinski definition) is 1. The Kier molecular flexibility index (Phi) is 8.97. The highest BCUT2D eigenvalue weighted by atomic mass is 79.9. The lowest BCUT2D eigenvalue weighted by atomic mass is 9.95. The molecule has 2 aromatic rings. The standard InChI is InChI=1S/C25H31BrN2O4/c1-18(25(30)27-21-11-4-3-5-12-21)28(16-19-9-8-10-20(26)15-19)24(29)17-32-23-14-7-6-13-22(23)31-2/h6-10,13-15,18,21H,3-5,11-12,16-17H2,1-2H3,(H,27,30). The number of halogens is 1. The van der Waals surface area contributed by atoms with Crippen LogP contribution in [-0.4, -0.2) is 42.5 Å². The normalized spacial score (nSPS) is 15.0. The number of ether oxygens (including phenoxy) is 2. The summed E-state index contributed by atoms with van der Waals surface area (Å²) in [6, 6.07) is 14.5. The van der Waals surface area contributed by atoms with Crippen LogP contribution >= 0.6 is 15.9 Å². The minimum absolute atomic E-state index is 0.127. The van der Waals surface area contributed by atoms with Gasteiger partial charge in [0.1, 0.15) is 6.04 Å². The molecule has 0 radical (unpaired) electrons. The van der Waals surface area contributed by atoms with Crippen molar-refractivity contribution in [3.05, 3.63) is 58.6 Å². The molecule has 0 aromatic heterocycles. The van der Waals surface area contributed by atoms with Gasteiger partial charge < -0.3 is 19.7 Å². The first-order chi connectivity index (χ1) is 15.5. The maximum atomic E-state index is 13.2. The van der Waals surface area contributed by atoms with Gasteiger partial charge in [0, 0.05) is 17.1 Å². The first-order valence-electron chi connectivity index (χ1n) is 11.1. The lowest BCUT2D eigenvalue weighted by molar-refractivity contribution is -0.142. The van der Waals surface area contributed by atoms with Crippen LogP contribution < -0.4 is 14.8 Å². The molecule has 0 heterocycles. The number of methoxy groups -OCH3 is 1. The summed E-state index contributed by atoms with van der Waals surface area (Å²) in [5.41, 5.74) is 0.933. The van der Waals surface area contributed by atoms with Crippen molar-refractivity contribution in [2.45, 2.75) is 57.7 Å². The number of carbonyl (C=O) groups is 2. The van der Waals surface area contributed by atoms with Crippen molar-refractivity contribution in [1.82, 2.24) is 10.2 Å². The van der Waals surface area contributed by atoms with Crippen molar-refractivity contribution >= 4 is 27.7 Å². The zero-order valence-corrected chi connectivity index (χ0v) is 20.3. The van der Waals surface area contributed by atoms with Gasteiger partial charge in [0.05, 0.1) is 7.11 Å². The largest absolute Gasteiger partial charge is 0.493 e. The first kappa shape index (κ1) is 24.1. The van der Waals surface area contributed by atoms with Crippen molar-refractivity contribution in [3.63, 3.8) is 0 Å². The summed E-state index contributed by atoms with van der Waals surface area (Å²) in [5.74, 6) is 0.659. The van der Waals surface area contributed by atoms with E-state index in [9.17, 15) is 9.59 Å². The second-order valence-electron chi connectivity index (χ2n) is 8.11. The fourth-order valence-corrected chi connectivity index (χ4v) is 4.39. The third-order valence-corrected chi connectivity index (χ3v) is 6.27. The molecule has 1 aliphatic rings. The van der Waals surface area contributed by atoms with Gasteiger partial charge in [-0.15, -0.1) is 0 Å². The summed E-state index contributed by atoms with van der Waals surface area (Å²) in [6.07, 6.45) is 5.47. The number of para-hydroxylation sites is 2. The van der Waals surface area contributed by atoms with Crippen LogP contribution in [0.2, 0.25) is 0 Å². The Balaban J connectivity index is 1.72. The van der Waals surface area contributed by atoms with E-state index in [4.69, 9.17) is 9.47 Å². The molecular weight excluding hydrogens is 472 g/mol. The van der Waals surface area contributed by atoms with E-state index in [0.29, 0.717) is 18.0 Å². The predicted molar refractivity (Wildman–Crippen MR) is 128 cm³/mol. The maximum absolute atomic E-state index is 13.2. The number of rotatable bonds is 9. The molecule has 1 unspecified atom stereocenters. The molecule has 6 nitrogen and oxygen atoms in total. The number of benzene rings is 2. The zero-order valence-electron chi connectivity index (χ0n) is 18.7. The Morgan fingerprint density at radius 3 is 2.50 bits per heavy atom. The molecule has 0 saturated heterocycles. The van der Waals surface area contributed by atoms with Gasteiger partial charge >= 0.3 is 0 Å². The van der Waals surface area contributed by atoms with Crippen molar-refractivity contribution in [3.8, 4) is 11.5 Å². The molecule has 32 heavy (non-hydrogen) atoms. The van der Waals surface area contributed by atoms with E-state index in [1.54, 1.807) is 31.1 Å². The van der Waals surface area contributed by atoms with E-state index in [0.717, 1.165) is 35.7 Å². The molecule has 172 valence electrons. The summed E-state index contributed by atoms with van der Waals surface area (Å²) in [6.45, 7) is 1.90. The van der Waals surface area contributed by atoms with Crippen LogP contribution in [0, 0.1) is 0 Å². The van der Waals surface area contributed by atoms with E-state index >= 15 is 0 Å². The van der Waals surface area contributed by atoms with E-state index in [2.05, 4.69) is 21.2 Å². The van der Waals surface area contributed by atoms with Crippen molar-refractivity contribution in [2.75, 3.05) is 13.7 Å². The molecule has 2 aromatic carbocycles. The molecule has 1 aliphatic carbocycles. The summed E-state index contributed by atoms with van der Waals surface area (Å²) in [4.78, 5) is 27.8. The van der Waals surface area contributed by atoms with E-state index in [-0.39, 0.29) is 24.5 Å². The fraction of sp³-hybridized carbons (Fsp3) is 0.440. The average Bonchev–Trinajstić information content (AvgIpc) is 2.81. The van der Waals surface area contributed by atoms with Gasteiger partial charge in [-0.3, -0.25) is 9.59 Å². The smallest absolute Gasteiger partial charge is 0.261 e. The second-order valence-corrected chi connectivity index (χ2v) is 9.03. The van der Waals surface area contributed by atoms with E-state index < -0.39 is 6.04 Å². The van der Waals surface area contributed by atoms with Gasteiger partial charge in [-0.25, -0.2) is 0 Å². The van der Waals surface area contributed by atoms with Crippen molar-refractivity contribution in [1.29, 1.82) is 0 Å². The number of hydrogen-bond acceptors (Lipinski definition) is 4. The Hall–Kier alpha value is -2.54. The lowest BCUT2D eigenvalue weighted by Gasteiger charge is -2.31. The molecule has 3 rings (SSSR count). The maximum Gasteiger partial charge on any atom is 0.261 e. The topological polar surface area (TPSA) is 67.9 Å². The molecule has 1 atom stereocenters. The minimum atomic E-state index is -0.621. The van der Waals surface area contributed by atoms with Gasteiger partial charge in [-0.2, -0.15) is 0 Å². The summed E-state index contributed by atoms with van der Waals surface area (Å²) in [5, 5.41) is 3.14. The lowest BCUT2D eigenvalue weighted by Crippen LogP contribution is -2.51. The van der Waals surface area contributed by atoms with E-state index in [1.165, 1.54) is 6.42 Å². The number of nitrogens with zero attached hydrogens (tertiary/aromatic N) is 1. The highest BCUT2D eigenvalue weighted by Gasteiger charge is 2.28. The molecular formula is C25H31BrN2O4. The Labute approximate surface area is 198 Å². The summed E-state index contributed by atoms with van der Waals surface area (Å²) < 4.78 is 12.0. The Morgan fingerprint density at radius 2 is 1.81 bits per heavy atom. The second kappa shape index (κ2) is 11.9. The molecule has 0 spiro atoms. The molecule has 0 aliphatic heterocycles. The average molecular weight is 503 g/mol. The van der Waals surface area contributed by atoms with Gasteiger partial charge in [0.15, 0.2) is 18.1 Å². The fourth-order valence-electron chi connectivity index (χ4n) is 3.94. The Morgan fingerprint density at radius 1 is 1.09 bits per heavy atom. The SMILES string of the molecule is COc1ccccc1OCC(=O)N(Cc1cccc(Br)c1)C(C)C(=O)NC1CCCCC1. The van der Waals surface area contributed by atoms with E-state index in [1.807, 2.05) is 36.4 Å². The van der Waals surface area contributed by atoms with Gasteiger partial charge in [-0.05, 0) is 49.6 Å².